The molecule has 2 heterocycles. The van der Waals surface area contributed by atoms with Crippen molar-refractivity contribution in [2.75, 3.05) is 39.6 Å². The SMILES string of the molecule is CC1=NC(CCc2ccc(OCCCC/C=C/I)cc2)(COP(=O)(OC(C)(C)C)OC(C)(C)C)CO1.CC1=NC(CO)(CCc2ccc(OCCCC/C=C/I)cc2)CO1. The minimum Gasteiger partial charge on any atom is -0.494 e. The van der Waals surface area contributed by atoms with Crippen molar-refractivity contribution in [3.63, 3.8) is 0 Å². The minimum absolute atomic E-state index is 0.0261. The van der Waals surface area contributed by atoms with Gasteiger partial charge in [0.05, 0.1) is 37.6 Å². The molecule has 2 aliphatic rings. The van der Waals surface area contributed by atoms with Crippen LogP contribution in [0.3, 0.4) is 0 Å². The Morgan fingerprint density at radius 3 is 1.48 bits per heavy atom. The molecule has 0 fully saturated rings. The van der Waals surface area contributed by atoms with Crippen LogP contribution in [0.4, 0.5) is 0 Å². The lowest BCUT2D eigenvalue weighted by Crippen LogP contribution is -2.36. The Bertz CT molecular complexity index is 1700. The first-order valence-corrected chi connectivity index (χ1v) is 25.0. The van der Waals surface area contributed by atoms with Gasteiger partial charge in [0.15, 0.2) is 11.8 Å². The number of hydrogen-bond acceptors (Lipinski definition) is 11. The molecule has 0 radical (unpaired) electrons. The molecule has 14 heteroatoms. The van der Waals surface area contributed by atoms with E-state index in [4.69, 9.17) is 37.5 Å². The second kappa shape index (κ2) is 25.9. The highest BCUT2D eigenvalue weighted by Crippen LogP contribution is 2.56. The van der Waals surface area contributed by atoms with E-state index < -0.39 is 30.1 Å². The predicted octanol–water partition coefficient (Wildman–Crippen LogP) is 12.4. The molecule has 2 atom stereocenters. The Morgan fingerprint density at radius 1 is 0.700 bits per heavy atom. The molecule has 2 aromatic rings. The van der Waals surface area contributed by atoms with Crippen LogP contribution >= 0.6 is 53.0 Å². The number of hydrogen-bond donors (Lipinski definition) is 1. The summed E-state index contributed by atoms with van der Waals surface area (Å²) >= 11 is 4.49. The van der Waals surface area contributed by atoms with Crippen molar-refractivity contribution in [2.45, 2.75) is 142 Å². The number of aliphatic imine (C=N–C) groups is 2. The molecule has 0 spiro atoms. The summed E-state index contributed by atoms with van der Waals surface area (Å²) < 4.78 is 57.8. The van der Waals surface area contributed by atoms with Crippen molar-refractivity contribution in [3.8, 4) is 11.5 Å². The number of rotatable bonds is 24. The second-order valence-corrected chi connectivity index (χ2v) is 20.2. The van der Waals surface area contributed by atoms with Gasteiger partial charge in [-0.1, -0.05) is 81.6 Å². The van der Waals surface area contributed by atoms with E-state index in [0.717, 1.165) is 81.5 Å². The van der Waals surface area contributed by atoms with Crippen molar-refractivity contribution in [1.82, 2.24) is 0 Å². The van der Waals surface area contributed by atoms with E-state index in [-0.39, 0.29) is 13.2 Å². The number of aryl methyl sites for hydroxylation is 2. The fourth-order valence-electron chi connectivity index (χ4n) is 6.27. The summed E-state index contributed by atoms with van der Waals surface area (Å²) in [5, 5.41) is 9.62. The number of aliphatic hydroxyl groups excluding tert-OH is 1. The molecule has 0 saturated heterocycles. The van der Waals surface area contributed by atoms with Crippen LogP contribution < -0.4 is 9.47 Å². The monoisotopic (exact) mass is 1080 g/mol. The van der Waals surface area contributed by atoms with Crippen LogP contribution in [0.25, 0.3) is 0 Å². The lowest BCUT2D eigenvalue weighted by atomic mass is 9.94. The van der Waals surface area contributed by atoms with Gasteiger partial charge in [-0.25, -0.2) is 14.5 Å². The molecule has 2 unspecified atom stereocenters. The van der Waals surface area contributed by atoms with Crippen molar-refractivity contribution in [3.05, 3.63) is 80.0 Å². The van der Waals surface area contributed by atoms with Gasteiger partial charge >= 0.3 is 7.82 Å². The van der Waals surface area contributed by atoms with E-state index in [9.17, 15) is 9.67 Å². The van der Waals surface area contributed by atoms with Gasteiger partial charge in [-0.3, -0.25) is 13.6 Å². The number of phosphoric ester groups is 1. The molecule has 2 aliphatic heterocycles. The maximum Gasteiger partial charge on any atom is 0.475 e. The van der Waals surface area contributed by atoms with E-state index in [1.807, 2.05) is 79.7 Å². The summed E-state index contributed by atoms with van der Waals surface area (Å²) in [6, 6.07) is 16.4. The van der Waals surface area contributed by atoms with Crippen molar-refractivity contribution >= 4 is 64.8 Å². The molecule has 0 amide bonds. The van der Waals surface area contributed by atoms with Gasteiger partial charge in [0.1, 0.15) is 35.8 Å². The highest BCUT2D eigenvalue weighted by Gasteiger charge is 2.43. The first-order valence-electron chi connectivity index (χ1n) is 21.0. The third-order valence-electron chi connectivity index (χ3n) is 9.30. The Morgan fingerprint density at radius 2 is 1.12 bits per heavy atom. The zero-order valence-electron chi connectivity index (χ0n) is 37.1. The standard InChI is InChI=1S/C27H43INO6P.C19H26INO3/c1-22-29-27(20-32-22,21-33-36(30,34-25(2,3)4)35-26(5,6)7)17-16-23-12-14-24(15-13-23)31-19-11-9-8-10-18-28;1-16-21-19(14-22,15-24-16)11-10-17-6-8-18(9-7-17)23-13-5-3-2-4-12-20/h10,12-15,18H,8-9,11,16-17,19-21H2,1-7H3;4,6-9,12,22H,2-3,5,10-11,13-15H2,1H3/b18-10+;12-4+. The lowest BCUT2D eigenvalue weighted by Gasteiger charge is -2.33. The van der Waals surface area contributed by atoms with Gasteiger partial charge in [0.25, 0.3) is 0 Å². The molecule has 11 nitrogen and oxygen atoms in total. The Balaban J connectivity index is 0.000000347. The molecular formula is C46H69I2N2O9P. The Labute approximate surface area is 387 Å². The average molecular weight is 1080 g/mol. The fraction of sp³-hybridized carbons (Fsp3) is 0.609. The molecule has 2 aromatic carbocycles. The summed E-state index contributed by atoms with van der Waals surface area (Å²) in [4.78, 5) is 9.18. The molecule has 4 rings (SSSR count). The largest absolute Gasteiger partial charge is 0.494 e. The number of unbranched alkanes of at least 4 members (excludes halogenated alkanes) is 4. The van der Waals surface area contributed by atoms with E-state index in [1.165, 1.54) is 5.56 Å². The average Bonchev–Trinajstić information content (AvgIpc) is 3.76. The second-order valence-electron chi connectivity index (χ2n) is 17.3. The molecule has 336 valence electrons. The minimum atomic E-state index is -3.84. The van der Waals surface area contributed by atoms with Crippen LogP contribution in [0.2, 0.25) is 0 Å². The summed E-state index contributed by atoms with van der Waals surface area (Å²) in [5.74, 6) is 3.05. The van der Waals surface area contributed by atoms with Crippen molar-refractivity contribution in [1.29, 1.82) is 0 Å². The number of nitrogens with zero attached hydrogens (tertiary/aromatic N) is 2. The third kappa shape index (κ3) is 20.9. The first kappa shape index (κ1) is 52.3. The molecule has 0 bridgehead atoms. The van der Waals surface area contributed by atoms with Gasteiger partial charge in [-0.05, 0) is 149 Å². The van der Waals surface area contributed by atoms with Gasteiger partial charge in [-0.15, -0.1) is 0 Å². The zero-order valence-corrected chi connectivity index (χ0v) is 42.3. The van der Waals surface area contributed by atoms with Crippen molar-refractivity contribution < 1.29 is 42.2 Å². The number of halogens is 2. The topological polar surface area (TPSA) is 127 Å². The number of benzene rings is 2. The number of aliphatic hydroxyl groups is 1. The lowest BCUT2D eigenvalue weighted by molar-refractivity contribution is -0.00466. The highest BCUT2D eigenvalue weighted by molar-refractivity contribution is 14.1. The summed E-state index contributed by atoms with van der Waals surface area (Å²) in [5.41, 5.74) is -0.143. The zero-order chi connectivity index (χ0) is 44.1. The smallest absolute Gasteiger partial charge is 0.475 e. The summed E-state index contributed by atoms with van der Waals surface area (Å²) in [6.45, 7) is 17.0. The molecule has 0 aliphatic carbocycles. The molecule has 60 heavy (non-hydrogen) atoms. The van der Waals surface area contributed by atoms with Gasteiger partial charge in [0.2, 0.25) is 0 Å². The predicted molar refractivity (Wildman–Crippen MR) is 260 cm³/mol. The summed E-state index contributed by atoms with van der Waals surface area (Å²) in [7, 11) is -3.84. The van der Waals surface area contributed by atoms with Crippen LogP contribution in [-0.2, 0) is 40.5 Å². The van der Waals surface area contributed by atoms with E-state index >= 15 is 0 Å². The third-order valence-corrected chi connectivity index (χ3v) is 12.3. The number of ether oxygens (including phenoxy) is 4. The molecule has 1 N–H and O–H groups in total. The maximum absolute atomic E-state index is 13.5. The van der Waals surface area contributed by atoms with Crippen LogP contribution in [-0.4, -0.2) is 78.8 Å². The number of phosphoric acid groups is 1. The van der Waals surface area contributed by atoms with Crippen LogP contribution in [0.1, 0.15) is 118 Å². The van der Waals surface area contributed by atoms with Gasteiger partial charge < -0.3 is 24.1 Å². The first-order chi connectivity index (χ1) is 28.4. The number of allylic oxidation sites excluding steroid dienone is 2. The van der Waals surface area contributed by atoms with Crippen LogP contribution in [0.5, 0.6) is 11.5 Å². The van der Waals surface area contributed by atoms with Crippen LogP contribution in [0.15, 0.2) is 78.8 Å². The summed E-state index contributed by atoms with van der Waals surface area (Å²) in [6.07, 6.45) is 14.0. The quantitative estimate of drug-likeness (QED) is 0.0621. The Kier molecular flexibility index (Phi) is 22.6. The van der Waals surface area contributed by atoms with E-state index in [0.29, 0.717) is 38.0 Å². The van der Waals surface area contributed by atoms with Gasteiger partial charge in [0, 0.05) is 13.8 Å². The normalized spacial score (nSPS) is 19.4. The molecule has 0 aromatic heterocycles. The maximum atomic E-state index is 13.5. The highest BCUT2D eigenvalue weighted by atomic mass is 127. The van der Waals surface area contributed by atoms with Gasteiger partial charge in [-0.2, -0.15) is 0 Å². The van der Waals surface area contributed by atoms with Crippen molar-refractivity contribution in [2.24, 2.45) is 9.98 Å². The van der Waals surface area contributed by atoms with Crippen LogP contribution in [0, 0.1) is 0 Å². The fourth-order valence-corrected chi connectivity index (χ4v) is 8.87. The molecule has 0 saturated carbocycles. The van der Waals surface area contributed by atoms with E-state index in [1.54, 1.807) is 0 Å². The Hall–Kier alpha value is -2.01. The molecular weight excluding hydrogens is 1010 g/mol. The van der Waals surface area contributed by atoms with E-state index in [2.05, 4.69) is 94.8 Å².